The molecule has 0 aromatic heterocycles. The van der Waals surface area contributed by atoms with Crippen LogP contribution in [-0.2, 0) is 16.0 Å². The van der Waals surface area contributed by atoms with Gasteiger partial charge in [0.15, 0.2) is 0 Å². The van der Waals surface area contributed by atoms with E-state index in [1.54, 1.807) is 19.1 Å². The van der Waals surface area contributed by atoms with Gasteiger partial charge >= 0.3 is 5.97 Å². The summed E-state index contributed by atoms with van der Waals surface area (Å²) in [6.45, 7) is 2.08. The van der Waals surface area contributed by atoms with E-state index >= 15 is 0 Å². The minimum absolute atomic E-state index is 0.101. The molecule has 1 rings (SSSR count). The van der Waals surface area contributed by atoms with E-state index in [1.807, 2.05) is 6.07 Å². The lowest BCUT2D eigenvalue weighted by Crippen LogP contribution is -2.09. The molecule has 0 radical (unpaired) electrons. The van der Waals surface area contributed by atoms with Crippen LogP contribution in [0.15, 0.2) is 12.1 Å². The average Bonchev–Trinajstić information content (AvgIpc) is 2.23. The molecule has 3 nitrogen and oxygen atoms in total. The molecule has 0 aliphatic heterocycles. The molecule has 0 N–H and O–H groups in total. The third kappa shape index (κ3) is 3.35. The monoisotopic (exact) mass is 349 g/mol. The van der Waals surface area contributed by atoms with E-state index in [0.29, 0.717) is 22.8 Å². The molecule has 84 valence electrons. The number of hydrogen-bond acceptors (Lipinski definition) is 3. The minimum Gasteiger partial charge on any atom is -0.466 e. The van der Waals surface area contributed by atoms with Crippen molar-refractivity contribution >= 4 is 40.2 Å². The minimum atomic E-state index is -0.336. The molecule has 1 aromatic carbocycles. The third-order valence-electron chi connectivity index (χ3n) is 1.91. The average molecular weight is 350 g/mol. The Hall–Kier alpha value is -0.800. The third-order valence-corrected chi connectivity index (χ3v) is 3.43. The van der Waals surface area contributed by atoms with Crippen LogP contribution in [0.3, 0.4) is 0 Å². The Bertz CT molecular complexity index is 454. The highest BCUT2D eigenvalue weighted by atomic mass is 127. The fourth-order valence-corrected chi connectivity index (χ4v) is 1.90. The van der Waals surface area contributed by atoms with Gasteiger partial charge in [-0.25, -0.2) is 0 Å². The normalized spacial score (nSPS) is 9.62. The standard InChI is InChI=1S/C11H9ClINO2/c1-2-16-11(15)5-7-4-10(13)9(12)3-8(7)6-14/h3-4H,2,5H2,1H3. The van der Waals surface area contributed by atoms with Crippen molar-refractivity contribution in [3.8, 4) is 6.07 Å². The van der Waals surface area contributed by atoms with Crippen molar-refractivity contribution in [2.24, 2.45) is 0 Å². The number of carbonyl (C=O) groups is 1. The number of rotatable bonds is 3. The molecule has 0 unspecified atom stereocenters. The summed E-state index contributed by atoms with van der Waals surface area (Å²) in [4.78, 5) is 11.3. The van der Waals surface area contributed by atoms with Crippen molar-refractivity contribution in [3.05, 3.63) is 31.9 Å². The topological polar surface area (TPSA) is 50.1 Å². The summed E-state index contributed by atoms with van der Waals surface area (Å²) in [6, 6.07) is 5.32. The zero-order valence-corrected chi connectivity index (χ0v) is 11.5. The first-order chi connectivity index (χ1) is 7.58. The molecule has 0 bridgehead atoms. The van der Waals surface area contributed by atoms with Crippen LogP contribution >= 0.6 is 34.2 Å². The Morgan fingerprint density at radius 2 is 2.31 bits per heavy atom. The summed E-state index contributed by atoms with van der Waals surface area (Å²) in [6.07, 6.45) is 0.101. The van der Waals surface area contributed by atoms with Gasteiger partial charge in [0.1, 0.15) is 0 Å². The van der Waals surface area contributed by atoms with Gasteiger partial charge in [0.05, 0.1) is 29.7 Å². The number of nitriles is 1. The summed E-state index contributed by atoms with van der Waals surface area (Å²) in [5, 5.41) is 9.43. The summed E-state index contributed by atoms with van der Waals surface area (Å²) in [5.41, 5.74) is 1.06. The smallest absolute Gasteiger partial charge is 0.310 e. The molecule has 5 heteroatoms. The van der Waals surface area contributed by atoms with Crippen molar-refractivity contribution < 1.29 is 9.53 Å². The van der Waals surface area contributed by atoms with E-state index in [9.17, 15) is 4.79 Å². The fourth-order valence-electron chi connectivity index (χ4n) is 1.21. The van der Waals surface area contributed by atoms with Crippen LogP contribution in [0.5, 0.6) is 0 Å². The van der Waals surface area contributed by atoms with Gasteiger partial charge in [-0.3, -0.25) is 4.79 Å². The molecular weight excluding hydrogens is 340 g/mol. The molecule has 0 aliphatic rings. The van der Waals surface area contributed by atoms with Crippen LogP contribution in [0.25, 0.3) is 0 Å². The van der Waals surface area contributed by atoms with Crippen LogP contribution < -0.4 is 0 Å². The van der Waals surface area contributed by atoms with Gasteiger partial charge in [-0.1, -0.05) is 11.6 Å². The van der Waals surface area contributed by atoms with Gasteiger partial charge in [-0.15, -0.1) is 0 Å². The van der Waals surface area contributed by atoms with E-state index in [2.05, 4.69) is 22.6 Å². The van der Waals surface area contributed by atoms with Crippen LogP contribution in [-0.4, -0.2) is 12.6 Å². The molecule has 0 amide bonds. The van der Waals surface area contributed by atoms with Gasteiger partial charge < -0.3 is 4.74 Å². The molecule has 1 aromatic rings. The quantitative estimate of drug-likeness (QED) is 0.623. The number of halogens is 2. The van der Waals surface area contributed by atoms with Crippen LogP contribution in [0.1, 0.15) is 18.1 Å². The van der Waals surface area contributed by atoms with E-state index in [1.165, 1.54) is 0 Å². The number of hydrogen-bond donors (Lipinski definition) is 0. The number of ether oxygens (including phenoxy) is 1. The zero-order chi connectivity index (χ0) is 12.1. The van der Waals surface area contributed by atoms with Gasteiger partial charge in [-0.05, 0) is 47.2 Å². The first kappa shape index (κ1) is 13.3. The second-order valence-electron chi connectivity index (χ2n) is 3.02. The van der Waals surface area contributed by atoms with Crippen molar-refractivity contribution in [2.45, 2.75) is 13.3 Å². The maximum Gasteiger partial charge on any atom is 0.310 e. The lowest BCUT2D eigenvalue weighted by molar-refractivity contribution is -0.142. The summed E-state index contributed by atoms with van der Waals surface area (Å²) in [7, 11) is 0. The number of benzene rings is 1. The van der Waals surface area contributed by atoms with Gasteiger partial charge in [0.2, 0.25) is 0 Å². The first-order valence-corrected chi connectivity index (χ1v) is 6.07. The van der Waals surface area contributed by atoms with Crippen molar-refractivity contribution in [1.29, 1.82) is 5.26 Å². The molecule has 0 saturated carbocycles. The highest BCUT2D eigenvalue weighted by Gasteiger charge is 2.11. The van der Waals surface area contributed by atoms with E-state index in [4.69, 9.17) is 21.6 Å². The first-order valence-electron chi connectivity index (χ1n) is 4.62. The lowest BCUT2D eigenvalue weighted by atomic mass is 10.1. The van der Waals surface area contributed by atoms with Gasteiger partial charge in [-0.2, -0.15) is 5.26 Å². The summed E-state index contributed by atoms with van der Waals surface area (Å²) < 4.78 is 5.65. The number of carbonyl (C=O) groups excluding carboxylic acids is 1. The Kier molecular flexibility index (Phi) is 5.03. The molecular formula is C11H9ClINO2. The Morgan fingerprint density at radius 1 is 1.62 bits per heavy atom. The SMILES string of the molecule is CCOC(=O)Cc1cc(I)c(Cl)cc1C#N. The molecule has 0 spiro atoms. The predicted molar refractivity (Wildman–Crippen MR) is 69.2 cm³/mol. The van der Waals surface area contributed by atoms with Crippen LogP contribution in [0, 0.1) is 14.9 Å². The van der Waals surface area contributed by atoms with Crippen LogP contribution in [0.2, 0.25) is 5.02 Å². The number of esters is 1. The van der Waals surface area contributed by atoms with Crippen molar-refractivity contribution in [1.82, 2.24) is 0 Å². The Labute approximate surface area is 112 Å². The van der Waals surface area contributed by atoms with Crippen molar-refractivity contribution in [2.75, 3.05) is 6.61 Å². The molecule has 0 atom stereocenters. The molecule has 0 saturated heterocycles. The second-order valence-corrected chi connectivity index (χ2v) is 4.59. The van der Waals surface area contributed by atoms with E-state index < -0.39 is 0 Å². The van der Waals surface area contributed by atoms with Crippen molar-refractivity contribution in [3.63, 3.8) is 0 Å². The zero-order valence-electron chi connectivity index (χ0n) is 8.59. The van der Waals surface area contributed by atoms with Crippen LogP contribution in [0.4, 0.5) is 0 Å². The number of nitrogens with zero attached hydrogens (tertiary/aromatic N) is 1. The Morgan fingerprint density at radius 3 is 2.88 bits per heavy atom. The van der Waals surface area contributed by atoms with Gasteiger partial charge in [0, 0.05) is 3.57 Å². The maximum absolute atomic E-state index is 11.3. The largest absolute Gasteiger partial charge is 0.466 e. The maximum atomic E-state index is 11.3. The highest BCUT2D eigenvalue weighted by molar-refractivity contribution is 14.1. The highest BCUT2D eigenvalue weighted by Crippen LogP contribution is 2.23. The fraction of sp³-hybridized carbons (Fsp3) is 0.273. The molecule has 0 aliphatic carbocycles. The second kappa shape index (κ2) is 6.06. The molecule has 0 heterocycles. The van der Waals surface area contributed by atoms with E-state index in [-0.39, 0.29) is 12.4 Å². The van der Waals surface area contributed by atoms with Gasteiger partial charge in [0.25, 0.3) is 0 Å². The lowest BCUT2D eigenvalue weighted by Gasteiger charge is -2.06. The predicted octanol–water partition coefficient (Wildman–Crippen LogP) is 2.92. The summed E-state index contributed by atoms with van der Waals surface area (Å²) >= 11 is 7.95. The molecule has 16 heavy (non-hydrogen) atoms. The summed E-state index contributed by atoms with van der Waals surface area (Å²) in [5.74, 6) is -0.336. The van der Waals surface area contributed by atoms with E-state index in [0.717, 1.165) is 3.57 Å². The molecule has 0 fully saturated rings. The Balaban J connectivity index is 3.00.